The third kappa shape index (κ3) is 1.85. The molecule has 1 rings (SSSR count). The summed E-state index contributed by atoms with van der Waals surface area (Å²) in [7, 11) is 0. The third-order valence-electron chi connectivity index (χ3n) is 1.68. The Bertz CT molecular complexity index is 212. The minimum atomic E-state index is -0.511. The van der Waals surface area contributed by atoms with E-state index < -0.39 is 10.3 Å². The average molecular weight is 191 g/mol. The average Bonchev–Trinajstić information content (AvgIpc) is 1.95. The molecule has 60 valence electrons. The van der Waals surface area contributed by atoms with Crippen molar-refractivity contribution in [2.75, 3.05) is 0 Å². The predicted octanol–water partition coefficient (Wildman–Crippen LogP) is 2.49. The van der Waals surface area contributed by atoms with Gasteiger partial charge in [0, 0.05) is 5.41 Å². The van der Waals surface area contributed by atoms with Crippen molar-refractivity contribution in [1.82, 2.24) is 0 Å². The molecule has 0 bridgehead atoms. The SMILES string of the molecule is CC1(C(Cl)Cl)C=CC(=O)C=C1. The predicted molar refractivity (Wildman–Crippen MR) is 46.9 cm³/mol. The maximum Gasteiger partial charge on any atom is 0.178 e. The molecule has 1 nitrogen and oxygen atoms in total. The van der Waals surface area contributed by atoms with Gasteiger partial charge >= 0.3 is 0 Å². The van der Waals surface area contributed by atoms with Crippen LogP contribution in [-0.2, 0) is 4.79 Å². The van der Waals surface area contributed by atoms with Gasteiger partial charge in [-0.25, -0.2) is 0 Å². The van der Waals surface area contributed by atoms with Crippen LogP contribution in [0.5, 0.6) is 0 Å². The van der Waals surface area contributed by atoms with Crippen molar-refractivity contribution >= 4 is 29.0 Å². The van der Waals surface area contributed by atoms with E-state index >= 15 is 0 Å². The number of rotatable bonds is 1. The van der Waals surface area contributed by atoms with Crippen LogP contribution in [0, 0.1) is 5.41 Å². The molecule has 0 aliphatic heterocycles. The molecule has 0 heterocycles. The van der Waals surface area contributed by atoms with Crippen molar-refractivity contribution in [3.05, 3.63) is 24.3 Å². The van der Waals surface area contributed by atoms with Crippen molar-refractivity contribution in [2.45, 2.75) is 11.8 Å². The molecule has 0 fully saturated rings. The Balaban J connectivity index is 2.85. The molecule has 0 radical (unpaired) electrons. The van der Waals surface area contributed by atoms with E-state index in [9.17, 15) is 4.79 Å². The molecule has 0 aromatic rings. The Kier molecular flexibility index (Phi) is 2.40. The topological polar surface area (TPSA) is 17.1 Å². The number of hydrogen-bond acceptors (Lipinski definition) is 1. The van der Waals surface area contributed by atoms with Crippen LogP contribution in [-0.4, -0.2) is 10.6 Å². The minimum Gasteiger partial charge on any atom is -0.290 e. The number of carbonyl (C=O) groups is 1. The second kappa shape index (κ2) is 3.00. The number of halogens is 2. The van der Waals surface area contributed by atoms with E-state index in [1.165, 1.54) is 12.2 Å². The molecule has 11 heavy (non-hydrogen) atoms. The van der Waals surface area contributed by atoms with E-state index in [-0.39, 0.29) is 5.78 Å². The van der Waals surface area contributed by atoms with Gasteiger partial charge in [-0.15, -0.1) is 23.2 Å². The van der Waals surface area contributed by atoms with Crippen molar-refractivity contribution in [2.24, 2.45) is 5.41 Å². The van der Waals surface area contributed by atoms with Gasteiger partial charge in [-0.2, -0.15) is 0 Å². The molecule has 1 aliphatic rings. The van der Waals surface area contributed by atoms with Gasteiger partial charge in [0.05, 0.1) is 0 Å². The molecule has 0 aromatic heterocycles. The molecule has 0 aromatic carbocycles. The van der Waals surface area contributed by atoms with E-state index in [2.05, 4.69) is 0 Å². The van der Waals surface area contributed by atoms with Gasteiger partial charge in [0.1, 0.15) is 4.84 Å². The fourth-order valence-corrected chi connectivity index (χ4v) is 1.07. The largest absolute Gasteiger partial charge is 0.290 e. The van der Waals surface area contributed by atoms with E-state index in [1.807, 2.05) is 6.92 Å². The first-order valence-electron chi connectivity index (χ1n) is 3.25. The second-order valence-corrected chi connectivity index (χ2v) is 3.83. The first kappa shape index (κ1) is 8.82. The number of ketones is 1. The fraction of sp³-hybridized carbons (Fsp3) is 0.375. The van der Waals surface area contributed by atoms with E-state index in [1.54, 1.807) is 12.2 Å². The number of alkyl halides is 2. The fourth-order valence-electron chi connectivity index (χ4n) is 0.780. The lowest BCUT2D eigenvalue weighted by Crippen LogP contribution is -2.21. The van der Waals surface area contributed by atoms with Gasteiger partial charge in [-0.05, 0) is 19.1 Å². The van der Waals surface area contributed by atoms with Gasteiger partial charge in [0.25, 0.3) is 0 Å². The van der Waals surface area contributed by atoms with Crippen molar-refractivity contribution in [3.8, 4) is 0 Å². The summed E-state index contributed by atoms with van der Waals surface area (Å²) in [6, 6.07) is 0. The Morgan fingerprint density at radius 1 is 1.36 bits per heavy atom. The van der Waals surface area contributed by atoms with Crippen LogP contribution >= 0.6 is 23.2 Å². The lowest BCUT2D eigenvalue weighted by Gasteiger charge is -2.24. The van der Waals surface area contributed by atoms with Crippen LogP contribution in [0.15, 0.2) is 24.3 Å². The summed E-state index contributed by atoms with van der Waals surface area (Å²) in [5.41, 5.74) is -0.392. The Morgan fingerprint density at radius 2 is 1.82 bits per heavy atom. The molecule has 0 spiro atoms. The molecular formula is C8H8Cl2O. The van der Waals surface area contributed by atoms with E-state index in [0.717, 1.165) is 0 Å². The quantitative estimate of drug-likeness (QED) is 0.582. The first-order valence-corrected chi connectivity index (χ1v) is 4.12. The van der Waals surface area contributed by atoms with Crippen molar-refractivity contribution in [1.29, 1.82) is 0 Å². The van der Waals surface area contributed by atoms with Gasteiger partial charge in [0.15, 0.2) is 5.78 Å². The highest BCUT2D eigenvalue weighted by Crippen LogP contribution is 2.33. The maximum atomic E-state index is 10.7. The zero-order valence-corrected chi connectivity index (χ0v) is 7.56. The zero-order valence-electron chi connectivity index (χ0n) is 6.05. The summed E-state index contributed by atoms with van der Waals surface area (Å²) in [6.45, 7) is 1.87. The monoisotopic (exact) mass is 190 g/mol. The van der Waals surface area contributed by atoms with Crippen LogP contribution in [0.2, 0.25) is 0 Å². The molecular weight excluding hydrogens is 183 g/mol. The summed E-state index contributed by atoms with van der Waals surface area (Å²) >= 11 is 11.4. The number of carbonyl (C=O) groups excluding carboxylic acids is 1. The summed E-state index contributed by atoms with van der Waals surface area (Å²) in [4.78, 5) is 10.2. The highest BCUT2D eigenvalue weighted by atomic mass is 35.5. The highest BCUT2D eigenvalue weighted by Gasteiger charge is 2.27. The van der Waals surface area contributed by atoms with Gasteiger partial charge in [-0.1, -0.05) is 12.2 Å². The van der Waals surface area contributed by atoms with Crippen LogP contribution < -0.4 is 0 Å². The van der Waals surface area contributed by atoms with Crippen LogP contribution in [0.1, 0.15) is 6.92 Å². The molecule has 3 heteroatoms. The first-order chi connectivity index (χ1) is 5.04. The van der Waals surface area contributed by atoms with Crippen LogP contribution in [0.4, 0.5) is 0 Å². The molecule has 0 saturated heterocycles. The molecule has 0 saturated carbocycles. The van der Waals surface area contributed by atoms with E-state index in [0.29, 0.717) is 0 Å². The van der Waals surface area contributed by atoms with Crippen molar-refractivity contribution in [3.63, 3.8) is 0 Å². The highest BCUT2D eigenvalue weighted by molar-refractivity contribution is 6.45. The van der Waals surface area contributed by atoms with Crippen LogP contribution in [0.3, 0.4) is 0 Å². The Morgan fingerprint density at radius 3 is 2.18 bits per heavy atom. The minimum absolute atomic E-state index is 0.0172. The molecule has 0 amide bonds. The van der Waals surface area contributed by atoms with Gasteiger partial charge in [0.2, 0.25) is 0 Å². The molecule has 0 unspecified atom stereocenters. The summed E-state index contributed by atoms with van der Waals surface area (Å²) in [6.07, 6.45) is 6.41. The van der Waals surface area contributed by atoms with Crippen LogP contribution in [0.25, 0.3) is 0 Å². The molecule has 0 atom stereocenters. The molecule has 1 aliphatic carbocycles. The Hall–Kier alpha value is -0.270. The van der Waals surface area contributed by atoms with Gasteiger partial charge in [-0.3, -0.25) is 4.79 Å². The lowest BCUT2D eigenvalue weighted by atomic mass is 9.88. The summed E-state index contributed by atoms with van der Waals surface area (Å²) in [5, 5.41) is 0. The number of allylic oxidation sites excluding steroid dienone is 4. The summed E-state index contributed by atoms with van der Waals surface area (Å²) in [5.74, 6) is -0.0172. The van der Waals surface area contributed by atoms with Crippen molar-refractivity contribution < 1.29 is 4.79 Å². The number of hydrogen-bond donors (Lipinski definition) is 0. The third-order valence-corrected chi connectivity index (χ3v) is 2.62. The van der Waals surface area contributed by atoms with Gasteiger partial charge < -0.3 is 0 Å². The zero-order chi connectivity index (χ0) is 8.48. The standard InChI is InChI=1S/C8H8Cl2O/c1-8(7(9)10)4-2-6(11)3-5-8/h2-5,7H,1H3. The smallest absolute Gasteiger partial charge is 0.178 e. The lowest BCUT2D eigenvalue weighted by molar-refractivity contribution is -0.110. The Labute approximate surface area is 75.7 Å². The molecule has 0 N–H and O–H groups in total. The maximum absolute atomic E-state index is 10.7. The second-order valence-electron chi connectivity index (χ2n) is 2.74. The summed E-state index contributed by atoms with van der Waals surface area (Å²) < 4.78 is 0. The van der Waals surface area contributed by atoms with E-state index in [4.69, 9.17) is 23.2 Å². The normalized spacial score (nSPS) is 21.3.